The molecule has 1 aliphatic heterocycles. The molecule has 1 fully saturated rings. The minimum atomic E-state index is -0.0652. The van der Waals surface area contributed by atoms with Crippen molar-refractivity contribution in [1.82, 2.24) is 14.5 Å². The zero-order valence-electron chi connectivity index (χ0n) is 12.0. The highest BCUT2D eigenvalue weighted by Gasteiger charge is 2.29. The molecule has 0 bridgehead atoms. The van der Waals surface area contributed by atoms with E-state index >= 15 is 0 Å². The summed E-state index contributed by atoms with van der Waals surface area (Å²) in [6, 6.07) is 9.78. The van der Waals surface area contributed by atoms with Gasteiger partial charge in [0.2, 0.25) is 0 Å². The fourth-order valence-electron chi connectivity index (χ4n) is 2.60. The molecule has 5 nitrogen and oxygen atoms in total. The third kappa shape index (κ3) is 2.96. The maximum Gasteiger partial charge on any atom is 0.276 e. The molecule has 1 aromatic carbocycles. The first kappa shape index (κ1) is 14.2. The van der Waals surface area contributed by atoms with Crippen molar-refractivity contribution in [3.05, 3.63) is 36.0 Å². The second-order valence-electron chi connectivity index (χ2n) is 5.28. The number of rotatable bonds is 2. The van der Waals surface area contributed by atoms with Gasteiger partial charge in [0.25, 0.3) is 5.91 Å². The van der Waals surface area contributed by atoms with Crippen LogP contribution in [-0.4, -0.2) is 45.7 Å². The van der Waals surface area contributed by atoms with Gasteiger partial charge in [0.1, 0.15) is 0 Å². The molecule has 1 aliphatic rings. The summed E-state index contributed by atoms with van der Waals surface area (Å²) in [6.07, 6.45) is 0.0916. The molecule has 0 spiro atoms. The lowest BCUT2D eigenvalue weighted by atomic mass is 10.1. The predicted molar refractivity (Wildman–Crippen MR) is 81.3 cm³/mol. The number of amides is 1. The van der Waals surface area contributed by atoms with E-state index in [0.29, 0.717) is 18.8 Å². The van der Waals surface area contributed by atoms with Crippen molar-refractivity contribution in [3.8, 4) is 10.4 Å². The van der Waals surface area contributed by atoms with Crippen molar-refractivity contribution in [2.45, 2.75) is 26.1 Å². The minimum Gasteiger partial charge on any atom is -0.372 e. The van der Waals surface area contributed by atoms with Gasteiger partial charge in [0, 0.05) is 13.1 Å². The lowest BCUT2D eigenvalue weighted by Crippen LogP contribution is -2.48. The number of carbonyl (C=O) groups excluding carboxylic acids is 1. The first-order valence-corrected chi connectivity index (χ1v) is 7.75. The minimum absolute atomic E-state index is 0.0458. The van der Waals surface area contributed by atoms with E-state index in [1.54, 1.807) is 0 Å². The molecule has 3 rings (SSSR count). The maximum absolute atomic E-state index is 12.7. The van der Waals surface area contributed by atoms with Crippen LogP contribution in [0.3, 0.4) is 0 Å². The molecule has 1 amide bonds. The normalized spacial score (nSPS) is 22.3. The van der Waals surface area contributed by atoms with Gasteiger partial charge in [-0.2, -0.15) is 0 Å². The third-order valence-electron chi connectivity index (χ3n) is 3.43. The van der Waals surface area contributed by atoms with Crippen LogP contribution in [0.2, 0.25) is 0 Å². The largest absolute Gasteiger partial charge is 0.372 e. The van der Waals surface area contributed by atoms with E-state index < -0.39 is 0 Å². The van der Waals surface area contributed by atoms with Gasteiger partial charge in [0.05, 0.1) is 17.1 Å². The molecule has 0 aliphatic carbocycles. The Bertz CT molecular complexity index is 619. The van der Waals surface area contributed by atoms with Gasteiger partial charge in [-0.3, -0.25) is 4.79 Å². The van der Waals surface area contributed by atoms with Gasteiger partial charge in [0.15, 0.2) is 5.69 Å². The number of benzene rings is 1. The van der Waals surface area contributed by atoms with Gasteiger partial charge >= 0.3 is 0 Å². The Labute approximate surface area is 127 Å². The summed E-state index contributed by atoms with van der Waals surface area (Å²) in [5.74, 6) is -0.0652. The summed E-state index contributed by atoms with van der Waals surface area (Å²) >= 11 is 1.26. The molecular weight excluding hydrogens is 286 g/mol. The molecule has 1 saturated heterocycles. The highest BCUT2D eigenvalue weighted by atomic mass is 32.1. The molecule has 0 N–H and O–H groups in total. The Kier molecular flexibility index (Phi) is 3.98. The van der Waals surface area contributed by atoms with Crippen molar-refractivity contribution in [1.29, 1.82) is 0 Å². The number of carbonyl (C=O) groups is 1. The lowest BCUT2D eigenvalue weighted by Gasteiger charge is -2.35. The van der Waals surface area contributed by atoms with E-state index in [1.807, 2.05) is 49.1 Å². The zero-order valence-corrected chi connectivity index (χ0v) is 12.8. The quantitative estimate of drug-likeness (QED) is 0.855. The van der Waals surface area contributed by atoms with Gasteiger partial charge < -0.3 is 9.64 Å². The monoisotopic (exact) mass is 303 g/mol. The highest BCUT2D eigenvalue weighted by Crippen LogP contribution is 2.27. The summed E-state index contributed by atoms with van der Waals surface area (Å²) < 4.78 is 9.64. The fourth-order valence-corrected chi connectivity index (χ4v) is 3.26. The van der Waals surface area contributed by atoms with Crippen LogP contribution in [0.15, 0.2) is 30.3 Å². The van der Waals surface area contributed by atoms with Crippen molar-refractivity contribution in [3.63, 3.8) is 0 Å². The smallest absolute Gasteiger partial charge is 0.276 e. The molecule has 6 heteroatoms. The van der Waals surface area contributed by atoms with E-state index in [0.717, 1.165) is 10.4 Å². The Hall–Kier alpha value is -1.79. The molecule has 2 aromatic rings. The average Bonchev–Trinajstić information content (AvgIpc) is 2.95. The Morgan fingerprint density at radius 2 is 1.90 bits per heavy atom. The summed E-state index contributed by atoms with van der Waals surface area (Å²) in [7, 11) is 0. The van der Waals surface area contributed by atoms with Crippen LogP contribution >= 0.6 is 11.5 Å². The second-order valence-corrected chi connectivity index (χ2v) is 6.04. The fraction of sp³-hybridized carbons (Fsp3) is 0.400. The maximum atomic E-state index is 12.7. The van der Waals surface area contributed by atoms with Crippen LogP contribution in [0.1, 0.15) is 24.3 Å². The van der Waals surface area contributed by atoms with Crippen LogP contribution in [0.4, 0.5) is 0 Å². The third-order valence-corrected chi connectivity index (χ3v) is 4.21. The summed E-state index contributed by atoms with van der Waals surface area (Å²) in [4.78, 5) is 15.4. The molecule has 2 atom stereocenters. The predicted octanol–water partition coefficient (Wildman–Crippen LogP) is 2.45. The van der Waals surface area contributed by atoms with Crippen LogP contribution in [0.25, 0.3) is 10.4 Å². The van der Waals surface area contributed by atoms with E-state index in [4.69, 9.17) is 4.74 Å². The molecule has 2 heterocycles. The molecule has 0 radical (unpaired) electrons. The number of nitrogens with zero attached hydrogens (tertiary/aromatic N) is 3. The first-order chi connectivity index (χ1) is 10.1. The number of hydrogen-bond acceptors (Lipinski definition) is 5. The molecule has 0 unspecified atom stereocenters. The SMILES string of the molecule is C[C@@H]1CN(C(=O)c2nnsc2-c2ccccc2)C[C@H](C)O1. The van der Waals surface area contributed by atoms with Gasteiger partial charge in [-0.1, -0.05) is 34.8 Å². The number of morpholine rings is 1. The van der Waals surface area contributed by atoms with Crippen molar-refractivity contribution >= 4 is 17.4 Å². The Balaban J connectivity index is 1.88. The van der Waals surface area contributed by atoms with E-state index in [1.165, 1.54) is 11.5 Å². The van der Waals surface area contributed by atoms with Crippen molar-refractivity contribution in [2.75, 3.05) is 13.1 Å². The zero-order chi connectivity index (χ0) is 14.8. The Morgan fingerprint density at radius 3 is 2.57 bits per heavy atom. The van der Waals surface area contributed by atoms with Crippen LogP contribution < -0.4 is 0 Å². The van der Waals surface area contributed by atoms with E-state index in [9.17, 15) is 4.79 Å². The average molecular weight is 303 g/mol. The standard InChI is InChI=1S/C15H17N3O2S/c1-10-8-18(9-11(2)20-10)15(19)13-14(21-17-16-13)12-6-4-3-5-7-12/h3-7,10-11H,8-9H2,1-2H3/t10-,11+. The van der Waals surface area contributed by atoms with Crippen molar-refractivity contribution < 1.29 is 9.53 Å². The number of hydrogen-bond donors (Lipinski definition) is 0. The molecular formula is C15H17N3O2S. The van der Waals surface area contributed by atoms with E-state index in [2.05, 4.69) is 9.59 Å². The lowest BCUT2D eigenvalue weighted by molar-refractivity contribution is -0.0587. The van der Waals surface area contributed by atoms with Crippen LogP contribution in [0.5, 0.6) is 0 Å². The van der Waals surface area contributed by atoms with E-state index in [-0.39, 0.29) is 18.1 Å². The summed E-state index contributed by atoms with van der Waals surface area (Å²) in [5.41, 5.74) is 1.41. The van der Waals surface area contributed by atoms with Crippen molar-refractivity contribution in [2.24, 2.45) is 0 Å². The summed E-state index contributed by atoms with van der Waals surface area (Å²) in [5, 5.41) is 4.05. The van der Waals surface area contributed by atoms with Gasteiger partial charge in [-0.15, -0.1) is 5.10 Å². The molecule has 1 aromatic heterocycles. The number of ether oxygens (including phenoxy) is 1. The first-order valence-electron chi connectivity index (χ1n) is 6.97. The van der Waals surface area contributed by atoms with Crippen LogP contribution in [0, 0.1) is 0 Å². The second kappa shape index (κ2) is 5.91. The highest BCUT2D eigenvalue weighted by molar-refractivity contribution is 7.09. The van der Waals surface area contributed by atoms with Gasteiger partial charge in [-0.05, 0) is 30.9 Å². The molecule has 0 saturated carbocycles. The summed E-state index contributed by atoms with van der Waals surface area (Å²) in [6.45, 7) is 5.14. The topological polar surface area (TPSA) is 55.3 Å². The number of aromatic nitrogens is 2. The van der Waals surface area contributed by atoms with Gasteiger partial charge in [-0.25, -0.2) is 0 Å². The Morgan fingerprint density at radius 1 is 1.24 bits per heavy atom. The van der Waals surface area contributed by atoms with Crippen LogP contribution in [-0.2, 0) is 4.74 Å². The molecule has 21 heavy (non-hydrogen) atoms. The molecule has 110 valence electrons.